The summed E-state index contributed by atoms with van der Waals surface area (Å²) in [4.78, 5) is 9.85. The van der Waals surface area contributed by atoms with Gasteiger partial charge in [-0.25, -0.2) is 9.97 Å². The molecule has 3 aromatic heterocycles. The first kappa shape index (κ1) is 21.7. The molecule has 6 heteroatoms. The predicted molar refractivity (Wildman–Crippen MR) is 141 cm³/mol. The number of rotatable bonds is 4. The second-order valence-corrected chi connectivity index (χ2v) is 10.8. The number of benzene rings is 2. The number of nitrogens with zero attached hydrogens (tertiary/aromatic N) is 4. The van der Waals surface area contributed by atoms with Gasteiger partial charge < -0.3 is 10.8 Å². The van der Waals surface area contributed by atoms with Crippen molar-refractivity contribution in [3.63, 3.8) is 0 Å². The van der Waals surface area contributed by atoms with E-state index in [1.54, 1.807) is 0 Å². The van der Waals surface area contributed by atoms with E-state index in [1.807, 2.05) is 42.8 Å². The number of fused-ring (bicyclic) bond motifs is 3. The van der Waals surface area contributed by atoms with Gasteiger partial charge in [0.1, 0.15) is 0 Å². The molecule has 3 heterocycles. The van der Waals surface area contributed by atoms with Crippen molar-refractivity contribution in [1.29, 1.82) is 0 Å². The van der Waals surface area contributed by atoms with Crippen molar-refractivity contribution in [2.24, 2.45) is 11.7 Å². The summed E-state index contributed by atoms with van der Waals surface area (Å²) in [6.45, 7) is 4.04. The van der Waals surface area contributed by atoms with Crippen LogP contribution in [0.3, 0.4) is 0 Å². The Bertz CT molecular complexity index is 1630. The Hall–Kier alpha value is -3.61. The quantitative estimate of drug-likeness (QED) is 0.367. The number of hydrogen-bond acceptors (Lipinski definition) is 5. The fourth-order valence-corrected chi connectivity index (χ4v) is 5.98. The van der Waals surface area contributed by atoms with Gasteiger partial charge in [0.05, 0.1) is 17.0 Å². The van der Waals surface area contributed by atoms with Gasteiger partial charge in [-0.05, 0) is 62.6 Å². The van der Waals surface area contributed by atoms with Crippen LogP contribution in [0.2, 0.25) is 0 Å². The molecule has 2 aromatic carbocycles. The van der Waals surface area contributed by atoms with Crippen molar-refractivity contribution in [2.45, 2.75) is 50.7 Å². The summed E-state index contributed by atoms with van der Waals surface area (Å²) in [5.41, 5.74) is 14.5. The van der Waals surface area contributed by atoms with Crippen molar-refractivity contribution in [3.8, 4) is 22.4 Å². The smallest absolute Gasteiger partial charge is 0.165 e. The summed E-state index contributed by atoms with van der Waals surface area (Å²) in [6.07, 6.45) is 5.41. The number of aromatic nitrogens is 4. The number of aliphatic hydroxyl groups is 1. The van der Waals surface area contributed by atoms with Crippen LogP contribution in [0.1, 0.15) is 42.5 Å². The van der Waals surface area contributed by atoms with Gasteiger partial charge in [0.2, 0.25) is 0 Å². The third-order valence-corrected chi connectivity index (χ3v) is 8.28. The number of aryl methyl sites for hydroxylation is 2. The summed E-state index contributed by atoms with van der Waals surface area (Å²) in [7, 11) is 0. The Kier molecular flexibility index (Phi) is 4.48. The highest BCUT2D eigenvalue weighted by Gasteiger charge is 2.58. The van der Waals surface area contributed by atoms with Gasteiger partial charge in [0.15, 0.2) is 11.3 Å². The van der Waals surface area contributed by atoms with Crippen molar-refractivity contribution < 1.29 is 5.11 Å². The lowest BCUT2D eigenvalue weighted by molar-refractivity contribution is -0.106. The minimum absolute atomic E-state index is 0.435. The SMILES string of the molecule is Cc1nn2c(ncc3cc(-c4ccccc4)c(-c4ccc(C5(N)CC(O)(C6CC6)C5)cc4)nc32)c1C. The first-order valence-electron chi connectivity index (χ1n) is 12.7. The molecule has 0 saturated heterocycles. The normalized spacial score (nSPS) is 23.8. The van der Waals surface area contributed by atoms with Crippen LogP contribution in [0.25, 0.3) is 39.1 Å². The summed E-state index contributed by atoms with van der Waals surface area (Å²) < 4.78 is 1.86. The van der Waals surface area contributed by atoms with E-state index in [9.17, 15) is 5.11 Å². The first-order valence-corrected chi connectivity index (χ1v) is 12.7. The zero-order chi connectivity index (χ0) is 24.7. The molecule has 7 rings (SSSR count). The Morgan fingerprint density at radius 2 is 1.67 bits per heavy atom. The van der Waals surface area contributed by atoms with Crippen LogP contribution >= 0.6 is 0 Å². The molecule has 2 fully saturated rings. The van der Waals surface area contributed by atoms with Crippen LogP contribution < -0.4 is 5.73 Å². The van der Waals surface area contributed by atoms with E-state index >= 15 is 0 Å². The van der Waals surface area contributed by atoms with Gasteiger partial charge in [-0.15, -0.1) is 0 Å². The molecule has 2 aliphatic carbocycles. The third kappa shape index (κ3) is 3.21. The zero-order valence-electron chi connectivity index (χ0n) is 20.6. The molecule has 5 aromatic rings. The Morgan fingerprint density at radius 1 is 0.944 bits per heavy atom. The molecule has 2 aliphatic rings. The van der Waals surface area contributed by atoms with Crippen molar-refractivity contribution in [3.05, 3.63) is 83.7 Å². The van der Waals surface area contributed by atoms with Crippen LogP contribution in [0.15, 0.2) is 66.9 Å². The molecule has 0 radical (unpaired) electrons. The topological polar surface area (TPSA) is 89.3 Å². The van der Waals surface area contributed by atoms with Gasteiger partial charge in [-0.2, -0.15) is 9.61 Å². The highest BCUT2D eigenvalue weighted by molar-refractivity contribution is 5.90. The summed E-state index contributed by atoms with van der Waals surface area (Å²) >= 11 is 0. The molecular formula is C30H29N5O. The van der Waals surface area contributed by atoms with Crippen LogP contribution in [0, 0.1) is 19.8 Å². The number of pyridine rings is 1. The van der Waals surface area contributed by atoms with Gasteiger partial charge in [0, 0.05) is 33.8 Å². The molecule has 180 valence electrons. The number of hydrogen-bond donors (Lipinski definition) is 2. The second-order valence-electron chi connectivity index (χ2n) is 10.8. The molecule has 2 saturated carbocycles. The number of nitrogens with two attached hydrogens (primary N) is 1. The zero-order valence-corrected chi connectivity index (χ0v) is 20.6. The third-order valence-electron chi connectivity index (χ3n) is 8.28. The Morgan fingerprint density at radius 3 is 2.36 bits per heavy atom. The lowest BCUT2D eigenvalue weighted by Crippen LogP contribution is -2.60. The standard InChI is InChI=1S/C30H29N5O/c1-18-19(2)34-35-27(18)32-15-22-14-25(20-6-4-3-5-7-20)26(33-28(22)35)21-8-10-23(11-9-21)29(31)16-30(36,17-29)24-12-13-24/h3-11,14-15,24,36H,12-13,16-17,31H2,1-2H3. The van der Waals surface area contributed by atoms with E-state index in [1.165, 1.54) is 0 Å². The van der Waals surface area contributed by atoms with Crippen LogP contribution in [-0.4, -0.2) is 30.3 Å². The van der Waals surface area contributed by atoms with Crippen molar-refractivity contribution in [1.82, 2.24) is 19.6 Å². The van der Waals surface area contributed by atoms with Crippen LogP contribution in [0.5, 0.6) is 0 Å². The van der Waals surface area contributed by atoms with E-state index in [2.05, 4.69) is 47.4 Å². The summed E-state index contributed by atoms with van der Waals surface area (Å²) in [5, 5.41) is 16.5. The summed E-state index contributed by atoms with van der Waals surface area (Å²) in [6, 6.07) is 20.9. The molecular weight excluding hydrogens is 446 g/mol. The highest BCUT2D eigenvalue weighted by Crippen LogP contribution is 2.57. The van der Waals surface area contributed by atoms with E-state index in [0.717, 1.165) is 68.7 Å². The Balaban J connectivity index is 1.36. The minimum Gasteiger partial charge on any atom is -0.389 e. The average molecular weight is 476 g/mol. The Labute approximate surface area is 209 Å². The largest absolute Gasteiger partial charge is 0.389 e. The fraction of sp³-hybridized carbons (Fsp3) is 0.300. The fourth-order valence-electron chi connectivity index (χ4n) is 5.98. The molecule has 36 heavy (non-hydrogen) atoms. The van der Waals surface area contributed by atoms with E-state index in [-0.39, 0.29) is 0 Å². The lowest BCUT2D eigenvalue weighted by atomic mass is 9.60. The monoisotopic (exact) mass is 475 g/mol. The van der Waals surface area contributed by atoms with Crippen LogP contribution in [-0.2, 0) is 5.54 Å². The lowest BCUT2D eigenvalue weighted by Gasteiger charge is -2.52. The molecule has 0 atom stereocenters. The molecule has 0 amide bonds. The molecule has 0 aliphatic heterocycles. The molecule has 0 unspecified atom stereocenters. The van der Waals surface area contributed by atoms with E-state index in [4.69, 9.17) is 15.8 Å². The second kappa shape index (κ2) is 7.45. The van der Waals surface area contributed by atoms with E-state index in [0.29, 0.717) is 18.8 Å². The molecule has 0 bridgehead atoms. The van der Waals surface area contributed by atoms with Gasteiger partial charge in [-0.1, -0.05) is 54.6 Å². The molecule has 0 spiro atoms. The maximum Gasteiger partial charge on any atom is 0.165 e. The van der Waals surface area contributed by atoms with Crippen LogP contribution in [0.4, 0.5) is 0 Å². The maximum atomic E-state index is 10.8. The van der Waals surface area contributed by atoms with Crippen molar-refractivity contribution in [2.75, 3.05) is 0 Å². The van der Waals surface area contributed by atoms with Gasteiger partial charge in [0.25, 0.3) is 0 Å². The van der Waals surface area contributed by atoms with Gasteiger partial charge in [-0.3, -0.25) is 0 Å². The predicted octanol–water partition coefficient (Wildman–Crippen LogP) is 5.32. The first-order chi connectivity index (χ1) is 17.3. The molecule has 6 nitrogen and oxygen atoms in total. The average Bonchev–Trinajstić information content (AvgIpc) is 3.70. The highest BCUT2D eigenvalue weighted by atomic mass is 16.3. The summed E-state index contributed by atoms with van der Waals surface area (Å²) in [5.74, 6) is 0.435. The molecule has 3 N–H and O–H groups in total. The van der Waals surface area contributed by atoms with E-state index < -0.39 is 11.1 Å². The van der Waals surface area contributed by atoms with Crippen molar-refractivity contribution >= 4 is 16.7 Å². The van der Waals surface area contributed by atoms with Gasteiger partial charge >= 0.3 is 0 Å². The minimum atomic E-state index is -0.576. The maximum absolute atomic E-state index is 10.8.